The Morgan fingerprint density at radius 3 is 2.56 bits per heavy atom. The number of nitrogen functional groups attached to an aromatic ring is 1. The average Bonchev–Trinajstić information content (AvgIpc) is 3.81. The van der Waals surface area contributed by atoms with Crippen LogP contribution in [0.3, 0.4) is 0 Å². The number of carbonyl (C=O) groups is 1. The third-order valence-corrected chi connectivity index (χ3v) is 8.76. The van der Waals surface area contributed by atoms with Crippen LogP contribution >= 0.6 is 0 Å². The van der Waals surface area contributed by atoms with Crippen LogP contribution in [0.15, 0.2) is 103 Å². The maximum atomic E-state index is 14.7. The number of benzene rings is 3. The molecule has 0 saturated carbocycles. The molecule has 242 valence electrons. The fraction of sp³-hybridized carbons (Fsp3) is 0.184. The highest BCUT2D eigenvalue weighted by atomic mass is 16.5. The Morgan fingerprint density at radius 2 is 1.79 bits per heavy atom. The summed E-state index contributed by atoms with van der Waals surface area (Å²) in [7, 11) is 4.96. The number of allylic oxidation sites excluding steroid dienone is 3. The number of hydrogen-bond acceptors (Lipinski definition) is 7. The van der Waals surface area contributed by atoms with Gasteiger partial charge in [0.2, 0.25) is 5.78 Å². The lowest BCUT2D eigenvalue weighted by atomic mass is 9.91. The van der Waals surface area contributed by atoms with E-state index in [4.69, 9.17) is 19.9 Å². The molecule has 3 heterocycles. The smallest absolute Gasteiger partial charge is 0.214 e. The van der Waals surface area contributed by atoms with Crippen molar-refractivity contribution in [1.29, 1.82) is 0 Å². The minimum atomic E-state index is -0.233. The number of fused-ring (bicyclic) bond motifs is 1. The maximum Gasteiger partial charge on any atom is 0.214 e. The molecule has 1 aliphatic carbocycles. The van der Waals surface area contributed by atoms with Crippen LogP contribution in [-0.2, 0) is 11.3 Å². The highest BCUT2D eigenvalue weighted by Gasteiger charge is 2.29. The summed E-state index contributed by atoms with van der Waals surface area (Å²) < 4.78 is 20.3. The number of aryl methyl sites for hydroxylation is 1. The highest BCUT2D eigenvalue weighted by Crippen LogP contribution is 2.40. The molecule has 1 aliphatic rings. The molecule has 1 atom stereocenters. The third kappa shape index (κ3) is 5.62. The summed E-state index contributed by atoms with van der Waals surface area (Å²) in [6.07, 6.45) is 8.46. The number of ketones is 1. The average molecular weight is 641 g/mol. The van der Waals surface area contributed by atoms with Crippen LogP contribution < -0.4 is 15.2 Å². The third-order valence-electron chi connectivity index (χ3n) is 8.76. The van der Waals surface area contributed by atoms with E-state index in [0.29, 0.717) is 17.8 Å². The monoisotopic (exact) mass is 640 g/mol. The van der Waals surface area contributed by atoms with Crippen LogP contribution in [0.5, 0.6) is 11.5 Å². The predicted molar refractivity (Wildman–Crippen MR) is 186 cm³/mol. The summed E-state index contributed by atoms with van der Waals surface area (Å²) in [5, 5.41) is 4.56. The van der Waals surface area contributed by atoms with Crippen LogP contribution in [0.4, 0.5) is 5.82 Å². The van der Waals surface area contributed by atoms with E-state index in [0.717, 1.165) is 68.6 Å². The molecule has 7 rings (SSSR count). The Hall–Kier alpha value is -6.03. The maximum absolute atomic E-state index is 14.7. The molecule has 0 spiro atoms. The number of nitrogens with two attached hydrogens (primary N) is 1. The number of nitrogens with one attached hydrogen (secondary N) is 1. The number of nitrogens with zero attached hydrogens (tertiary/aromatic N) is 4. The van der Waals surface area contributed by atoms with E-state index < -0.39 is 0 Å². The minimum Gasteiger partial charge on any atom is -0.497 e. The van der Waals surface area contributed by atoms with Crippen LogP contribution in [0, 0.1) is 6.92 Å². The molecule has 0 bridgehead atoms. The van der Waals surface area contributed by atoms with Crippen molar-refractivity contribution < 1.29 is 19.0 Å². The Bertz CT molecular complexity index is 2200. The lowest BCUT2D eigenvalue weighted by molar-refractivity contribution is 0.103. The van der Waals surface area contributed by atoms with Crippen LogP contribution in [0.25, 0.3) is 27.8 Å². The minimum absolute atomic E-state index is 0.0735. The number of anilines is 1. The van der Waals surface area contributed by atoms with E-state index in [1.807, 2.05) is 85.8 Å². The first-order valence-electron chi connectivity index (χ1n) is 15.6. The fourth-order valence-electron chi connectivity index (χ4n) is 6.37. The fourth-order valence-corrected chi connectivity index (χ4v) is 6.37. The Labute approximate surface area is 278 Å². The SMILES string of the molecule is COC1=CC(c2c(-c3cccc(OC)c3)cc(C(=O)c3cnn(-c4ccc5nc(C)[nH]c5c4)c3N)n2Cc2ccc(OC)cc2)CC=C1. The van der Waals surface area contributed by atoms with Crippen molar-refractivity contribution in [1.82, 2.24) is 24.3 Å². The molecular formula is C38H36N6O4. The van der Waals surface area contributed by atoms with Crippen molar-refractivity contribution in [3.05, 3.63) is 131 Å². The zero-order chi connectivity index (χ0) is 33.4. The molecule has 3 aromatic heterocycles. The Balaban J connectivity index is 1.40. The van der Waals surface area contributed by atoms with Gasteiger partial charge in [-0.2, -0.15) is 5.10 Å². The lowest BCUT2D eigenvalue weighted by Crippen LogP contribution is -2.17. The molecule has 0 fully saturated rings. The standard InChI is InChI=1S/C38H36N6O4/c1-23-41-33-16-13-27(19-34(33)42-23)44-38(39)32(21-40-44)37(45)35-20-31(25-7-5-9-29(17-25)47-3)36(26-8-6-10-30(18-26)48-4)43(35)22-24-11-14-28(46-2)15-12-24/h5-7,9-21,26H,8,22,39H2,1-4H3,(H,41,42). The van der Waals surface area contributed by atoms with Gasteiger partial charge in [0, 0.05) is 23.7 Å². The van der Waals surface area contributed by atoms with E-state index in [-0.39, 0.29) is 17.5 Å². The number of aromatic amines is 1. The largest absolute Gasteiger partial charge is 0.497 e. The van der Waals surface area contributed by atoms with E-state index >= 15 is 0 Å². The quantitative estimate of drug-likeness (QED) is 0.155. The van der Waals surface area contributed by atoms with E-state index in [2.05, 4.69) is 31.8 Å². The predicted octanol–water partition coefficient (Wildman–Crippen LogP) is 6.98. The molecule has 10 nitrogen and oxygen atoms in total. The van der Waals surface area contributed by atoms with Gasteiger partial charge in [-0.15, -0.1) is 0 Å². The van der Waals surface area contributed by atoms with Crippen molar-refractivity contribution in [2.24, 2.45) is 0 Å². The number of imidazole rings is 1. The summed E-state index contributed by atoms with van der Waals surface area (Å²) in [6.45, 7) is 2.34. The van der Waals surface area contributed by atoms with Gasteiger partial charge in [0.25, 0.3) is 0 Å². The van der Waals surface area contributed by atoms with E-state index in [9.17, 15) is 4.79 Å². The van der Waals surface area contributed by atoms with Gasteiger partial charge in [0.05, 0.1) is 55.5 Å². The number of methoxy groups -OCH3 is 3. The summed E-state index contributed by atoms with van der Waals surface area (Å²) >= 11 is 0. The first-order chi connectivity index (χ1) is 23.4. The van der Waals surface area contributed by atoms with Crippen LogP contribution in [0.1, 0.15) is 45.5 Å². The van der Waals surface area contributed by atoms with Crippen molar-refractivity contribution in [2.75, 3.05) is 27.1 Å². The lowest BCUT2D eigenvalue weighted by Gasteiger charge is -2.22. The van der Waals surface area contributed by atoms with E-state index in [1.54, 1.807) is 32.2 Å². The summed E-state index contributed by atoms with van der Waals surface area (Å²) in [4.78, 5) is 22.4. The molecule has 0 saturated heterocycles. The number of ether oxygens (including phenoxy) is 3. The molecule has 0 amide bonds. The number of hydrogen-bond donors (Lipinski definition) is 2. The molecule has 3 N–H and O–H groups in total. The van der Waals surface area contributed by atoms with Crippen LogP contribution in [-0.4, -0.2) is 51.4 Å². The second-order valence-corrected chi connectivity index (χ2v) is 11.7. The summed E-state index contributed by atoms with van der Waals surface area (Å²) in [5.74, 6) is 3.00. The normalized spacial score (nSPS) is 14.2. The second kappa shape index (κ2) is 12.6. The van der Waals surface area contributed by atoms with Crippen molar-refractivity contribution in [3.8, 4) is 28.3 Å². The highest BCUT2D eigenvalue weighted by molar-refractivity contribution is 6.11. The van der Waals surface area contributed by atoms with Gasteiger partial charge in [-0.1, -0.05) is 30.3 Å². The number of aromatic nitrogens is 5. The Morgan fingerprint density at radius 1 is 0.979 bits per heavy atom. The van der Waals surface area contributed by atoms with Gasteiger partial charge >= 0.3 is 0 Å². The first-order valence-corrected chi connectivity index (χ1v) is 15.6. The number of rotatable bonds is 10. The van der Waals surface area contributed by atoms with Gasteiger partial charge in [0.15, 0.2) is 0 Å². The molecule has 6 aromatic rings. The van der Waals surface area contributed by atoms with Gasteiger partial charge in [0.1, 0.15) is 28.9 Å². The van der Waals surface area contributed by atoms with Gasteiger partial charge in [-0.25, -0.2) is 9.67 Å². The molecule has 48 heavy (non-hydrogen) atoms. The van der Waals surface area contributed by atoms with Gasteiger partial charge < -0.3 is 29.5 Å². The zero-order valence-electron chi connectivity index (χ0n) is 27.2. The molecule has 0 radical (unpaired) electrons. The number of H-pyrrole nitrogens is 1. The van der Waals surface area contributed by atoms with Crippen molar-refractivity contribution in [3.63, 3.8) is 0 Å². The summed E-state index contributed by atoms with van der Waals surface area (Å²) in [5.41, 5.74) is 13.8. The number of carbonyl (C=O) groups excluding carboxylic acids is 1. The van der Waals surface area contributed by atoms with Crippen molar-refractivity contribution in [2.45, 2.75) is 25.8 Å². The molecule has 0 aliphatic heterocycles. The first kappa shape index (κ1) is 30.6. The second-order valence-electron chi connectivity index (χ2n) is 11.7. The van der Waals surface area contributed by atoms with E-state index in [1.165, 1.54) is 0 Å². The zero-order valence-corrected chi connectivity index (χ0v) is 27.2. The van der Waals surface area contributed by atoms with Gasteiger partial charge in [-0.3, -0.25) is 4.79 Å². The Kier molecular flexibility index (Phi) is 8.06. The molecule has 10 heteroatoms. The topological polar surface area (TPSA) is 122 Å². The van der Waals surface area contributed by atoms with Crippen LogP contribution in [0.2, 0.25) is 0 Å². The van der Waals surface area contributed by atoms with Crippen molar-refractivity contribution >= 4 is 22.6 Å². The molecule has 3 aromatic carbocycles. The molecular weight excluding hydrogens is 604 g/mol. The van der Waals surface area contributed by atoms with Gasteiger partial charge in [-0.05, 0) is 85.2 Å². The molecule has 1 unspecified atom stereocenters. The summed E-state index contributed by atoms with van der Waals surface area (Å²) in [6, 6.07) is 23.5.